The van der Waals surface area contributed by atoms with E-state index in [9.17, 15) is 14.7 Å². The molecule has 262 valence electrons. The molecule has 50 heavy (non-hydrogen) atoms. The van der Waals surface area contributed by atoms with Crippen molar-refractivity contribution in [2.24, 2.45) is 11.1 Å². The number of para-hydroxylation sites is 2. The van der Waals surface area contributed by atoms with E-state index in [1.54, 1.807) is 6.07 Å². The fourth-order valence-electron chi connectivity index (χ4n) is 7.43. The molecule has 3 N–H and O–H groups in total. The number of hydrogen-bond acceptors (Lipinski definition) is 6. The van der Waals surface area contributed by atoms with Crippen LogP contribution in [0.3, 0.4) is 0 Å². The topological polar surface area (TPSA) is 107 Å². The number of hydrogen-bond donors (Lipinski definition) is 2. The normalized spacial score (nSPS) is 15.6. The van der Waals surface area contributed by atoms with Crippen molar-refractivity contribution in [1.82, 2.24) is 4.57 Å². The molecule has 0 amide bonds. The van der Waals surface area contributed by atoms with Gasteiger partial charge in [0.1, 0.15) is 5.75 Å². The number of cyclic esters (lactones) is 1. The van der Waals surface area contributed by atoms with Crippen LogP contribution in [0.15, 0.2) is 97.1 Å². The van der Waals surface area contributed by atoms with Crippen molar-refractivity contribution in [3.8, 4) is 5.75 Å². The minimum atomic E-state index is -1.44. The van der Waals surface area contributed by atoms with Gasteiger partial charge in [0.15, 0.2) is 0 Å². The monoisotopic (exact) mass is 675 g/mol. The summed E-state index contributed by atoms with van der Waals surface area (Å²) in [5, 5.41) is 10.7. The van der Waals surface area contributed by atoms with Crippen molar-refractivity contribution < 1.29 is 24.2 Å². The zero-order valence-electron chi connectivity index (χ0n) is 30.4. The summed E-state index contributed by atoms with van der Waals surface area (Å²) in [5.41, 5.74) is 9.91. The highest BCUT2D eigenvalue weighted by Gasteiger charge is 2.55. The number of aryl methyl sites for hydroxylation is 1. The number of anilines is 2. The number of carbonyl (C=O) groups is 2. The average Bonchev–Trinajstić information content (AvgIpc) is 3.50. The van der Waals surface area contributed by atoms with E-state index >= 15 is 0 Å². The Morgan fingerprint density at radius 1 is 0.900 bits per heavy atom. The molecular weight excluding hydrogens is 626 g/mol. The first-order valence-corrected chi connectivity index (χ1v) is 17.2. The predicted molar refractivity (Wildman–Crippen MR) is 200 cm³/mol. The summed E-state index contributed by atoms with van der Waals surface area (Å²) in [4.78, 5) is 27.7. The van der Waals surface area contributed by atoms with Gasteiger partial charge in [0.2, 0.25) is 5.72 Å². The van der Waals surface area contributed by atoms with Gasteiger partial charge in [-0.3, -0.25) is 4.90 Å². The minimum absolute atomic E-state index is 0.0156. The van der Waals surface area contributed by atoms with E-state index in [4.69, 9.17) is 15.2 Å². The summed E-state index contributed by atoms with van der Waals surface area (Å²) in [6.45, 7) is 18.1. The number of esters is 1. The Hall–Kier alpha value is -5.08. The summed E-state index contributed by atoms with van der Waals surface area (Å²) in [6, 6.07) is 30.2. The van der Waals surface area contributed by atoms with Crippen LogP contribution in [0, 0.1) is 12.3 Å². The molecule has 6 rings (SSSR count). The van der Waals surface area contributed by atoms with Crippen molar-refractivity contribution in [1.29, 1.82) is 0 Å². The SMILES string of the molecule is CC(C)(C)CC(C)(C)N.CCOc1ccc(N(c2ccccc2)C2(c3c(C)n(CC)c4ccccc34)OC(=O)c3cc(C(=O)O)ccc32)cc1. The van der Waals surface area contributed by atoms with E-state index in [2.05, 4.69) is 52.2 Å². The lowest BCUT2D eigenvalue weighted by molar-refractivity contribution is 0.0136. The third-order valence-corrected chi connectivity index (χ3v) is 8.70. The van der Waals surface area contributed by atoms with Gasteiger partial charge in [0, 0.05) is 45.6 Å². The molecule has 0 bridgehead atoms. The lowest BCUT2D eigenvalue weighted by Crippen LogP contribution is -2.45. The van der Waals surface area contributed by atoms with Crippen molar-refractivity contribution in [3.63, 3.8) is 0 Å². The number of carboxylic acids is 1. The van der Waals surface area contributed by atoms with Crippen molar-refractivity contribution in [2.45, 2.75) is 79.6 Å². The number of ether oxygens (including phenoxy) is 2. The average molecular weight is 676 g/mol. The zero-order chi connectivity index (χ0) is 36.4. The molecule has 0 saturated carbocycles. The van der Waals surface area contributed by atoms with Gasteiger partial charge in [0.25, 0.3) is 0 Å². The van der Waals surface area contributed by atoms with Crippen LogP contribution in [0.2, 0.25) is 0 Å². The number of benzene rings is 4. The van der Waals surface area contributed by atoms with E-state index in [1.807, 2.05) is 91.5 Å². The standard InChI is InChI=1S/C34H30N2O5.C8H19N/c1-4-35-22(3)31(27-13-9-10-14-30(27)35)34(29-20-15-23(32(37)38)21-28(29)33(39)41-34)36(24-11-7-6-8-12-24)25-16-18-26(19-17-25)40-5-2;1-7(2,3)6-8(4,5)9/h6-21H,4-5H2,1-3H3,(H,37,38);6,9H2,1-5H3. The van der Waals surface area contributed by atoms with Gasteiger partial charge in [-0.1, -0.05) is 63.2 Å². The highest BCUT2D eigenvalue weighted by Crippen LogP contribution is 2.53. The number of nitrogens with zero attached hydrogens (tertiary/aromatic N) is 2. The van der Waals surface area contributed by atoms with Gasteiger partial charge in [-0.15, -0.1) is 0 Å². The molecule has 1 aliphatic rings. The van der Waals surface area contributed by atoms with Crippen LogP contribution in [-0.2, 0) is 17.0 Å². The predicted octanol–water partition coefficient (Wildman–Crippen LogP) is 9.44. The Labute approximate surface area is 295 Å². The largest absolute Gasteiger partial charge is 0.494 e. The van der Waals surface area contributed by atoms with Crippen LogP contribution in [0.25, 0.3) is 10.9 Å². The summed E-state index contributed by atoms with van der Waals surface area (Å²) < 4.78 is 14.5. The van der Waals surface area contributed by atoms with Gasteiger partial charge in [-0.2, -0.15) is 0 Å². The minimum Gasteiger partial charge on any atom is -0.494 e. The molecule has 1 aromatic heterocycles. The van der Waals surface area contributed by atoms with Crippen molar-refractivity contribution >= 4 is 34.2 Å². The Morgan fingerprint density at radius 2 is 1.52 bits per heavy atom. The molecular formula is C42H49N3O5. The number of carbonyl (C=O) groups excluding carboxylic acids is 1. The highest BCUT2D eigenvalue weighted by molar-refractivity contribution is 6.01. The molecule has 1 unspecified atom stereocenters. The zero-order valence-corrected chi connectivity index (χ0v) is 30.4. The molecule has 1 aliphatic heterocycles. The first kappa shape index (κ1) is 36.2. The number of aromatic carboxylic acids is 1. The van der Waals surface area contributed by atoms with Gasteiger partial charge in [0.05, 0.1) is 23.3 Å². The fraction of sp³-hybridized carbons (Fsp3) is 0.333. The van der Waals surface area contributed by atoms with Gasteiger partial charge >= 0.3 is 11.9 Å². The maximum absolute atomic E-state index is 13.8. The Balaban J connectivity index is 0.000000478. The molecule has 8 nitrogen and oxygen atoms in total. The number of nitrogens with two attached hydrogens (primary N) is 1. The van der Waals surface area contributed by atoms with Gasteiger partial charge < -0.3 is 24.9 Å². The molecule has 0 spiro atoms. The maximum atomic E-state index is 13.8. The maximum Gasteiger partial charge on any atom is 0.341 e. The van der Waals surface area contributed by atoms with Crippen LogP contribution in [0.1, 0.15) is 92.4 Å². The molecule has 0 saturated heterocycles. The molecule has 0 radical (unpaired) electrons. The molecule has 8 heteroatoms. The third kappa shape index (κ3) is 7.12. The second-order valence-electron chi connectivity index (χ2n) is 14.6. The number of carboxylic acid groups (broad SMARTS) is 1. The Kier molecular flexibility index (Phi) is 10.2. The van der Waals surface area contributed by atoms with Gasteiger partial charge in [-0.05, 0) is 101 Å². The van der Waals surface area contributed by atoms with Crippen LogP contribution < -0.4 is 15.4 Å². The molecule has 5 aromatic rings. The quantitative estimate of drug-likeness (QED) is 0.150. The fourth-order valence-corrected chi connectivity index (χ4v) is 7.43. The van der Waals surface area contributed by atoms with Crippen LogP contribution in [-0.4, -0.2) is 33.8 Å². The van der Waals surface area contributed by atoms with E-state index < -0.39 is 17.7 Å². The molecule has 1 atom stereocenters. The summed E-state index contributed by atoms with van der Waals surface area (Å²) in [5.74, 6) is -0.960. The van der Waals surface area contributed by atoms with Crippen LogP contribution in [0.4, 0.5) is 11.4 Å². The first-order chi connectivity index (χ1) is 23.6. The Morgan fingerprint density at radius 3 is 2.08 bits per heavy atom. The Bertz CT molecular complexity index is 1970. The van der Waals surface area contributed by atoms with E-state index in [-0.39, 0.29) is 16.7 Å². The summed E-state index contributed by atoms with van der Waals surface area (Å²) in [6.07, 6.45) is 1.07. The molecule has 2 heterocycles. The molecule has 0 aliphatic carbocycles. The van der Waals surface area contributed by atoms with E-state index in [0.717, 1.165) is 52.3 Å². The smallest absolute Gasteiger partial charge is 0.341 e. The summed E-state index contributed by atoms with van der Waals surface area (Å²) >= 11 is 0. The number of fused-ring (bicyclic) bond motifs is 2. The summed E-state index contributed by atoms with van der Waals surface area (Å²) in [7, 11) is 0. The molecule has 4 aromatic carbocycles. The van der Waals surface area contributed by atoms with Crippen LogP contribution in [0.5, 0.6) is 5.75 Å². The lowest BCUT2D eigenvalue weighted by atomic mass is 9.82. The van der Waals surface area contributed by atoms with E-state index in [0.29, 0.717) is 17.6 Å². The lowest BCUT2D eigenvalue weighted by Gasteiger charge is -2.42. The van der Waals surface area contributed by atoms with Crippen LogP contribution >= 0.6 is 0 Å². The van der Waals surface area contributed by atoms with E-state index in [1.165, 1.54) is 12.1 Å². The van der Waals surface area contributed by atoms with Crippen molar-refractivity contribution in [3.05, 3.63) is 125 Å². The first-order valence-electron chi connectivity index (χ1n) is 17.2. The van der Waals surface area contributed by atoms with Gasteiger partial charge in [-0.25, -0.2) is 9.59 Å². The second kappa shape index (κ2) is 14.0. The molecule has 0 fully saturated rings. The highest BCUT2D eigenvalue weighted by atomic mass is 16.6. The second-order valence-corrected chi connectivity index (χ2v) is 14.6. The third-order valence-electron chi connectivity index (χ3n) is 8.70. The van der Waals surface area contributed by atoms with Crippen molar-refractivity contribution in [2.75, 3.05) is 11.5 Å². The number of aromatic nitrogens is 1. The number of rotatable bonds is 9.